The van der Waals surface area contributed by atoms with Gasteiger partial charge in [0.25, 0.3) is 5.56 Å². The molecule has 0 saturated carbocycles. The number of carbonyl (C=O) groups excluding carboxylic acids is 2. The van der Waals surface area contributed by atoms with Crippen molar-refractivity contribution in [3.63, 3.8) is 0 Å². The van der Waals surface area contributed by atoms with Crippen LogP contribution >= 0.6 is 0 Å². The zero-order valence-electron chi connectivity index (χ0n) is 18.8. The quantitative estimate of drug-likeness (QED) is 0.697. The minimum absolute atomic E-state index is 0.0764. The molecule has 0 spiro atoms. The van der Waals surface area contributed by atoms with Gasteiger partial charge in [0.1, 0.15) is 36.2 Å². The Balaban J connectivity index is 2.17. The third kappa shape index (κ3) is 7.42. The maximum atomic E-state index is 12.2. The van der Waals surface area contributed by atoms with Crippen LogP contribution in [-0.2, 0) is 23.7 Å². The van der Waals surface area contributed by atoms with Crippen LogP contribution < -0.4 is 11.2 Å². The Morgan fingerprint density at radius 2 is 1.68 bits per heavy atom. The first-order valence-electron chi connectivity index (χ1n) is 9.87. The first-order valence-corrected chi connectivity index (χ1v) is 9.87. The summed E-state index contributed by atoms with van der Waals surface area (Å²) in [6.07, 6.45) is -3.02. The molecule has 0 aromatic carbocycles. The Morgan fingerprint density at radius 1 is 1.10 bits per heavy atom. The average Bonchev–Trinajstić information content (AvgIpc) is 2.95. The van der Waals surface area contributed by atoms with Crippen LogP contribution in [0.2, 0.25) is 0 Å². The molecule has 3 atom stereocenters. The molecule has 0 amide bonds. The van der Waals surface area contributed by atoms with Crippen molar-refractivity contribution in [2.24, 2.45) is 0 Å². The third-order valence-electron chi connectivity index (χ3n) is 4.03. The number of aryl methyl sites for hydroxylation is 1. The van der Waals surface area contributed by atoms with E-state index < -0.39 is 53.2 Å². The highest BCUT2D eigenvalue weighted by Gasteiger charge is 2.41. The zero-order chi connectivity index (χ0) is 23.6. The molecule has 1 saturated heterocycles. The Kier molecular flexibility index (Phi) is 7.20. The van der Waals surface area contributed by atoms with Crippen LogP contribution in [0.4, 0.5) is 9.59 Å². The summed E-state index contributed by atoms with van der Waals surface area (Å²) in [6.45, 7) is 11.4. The average molecular weight is 442 g/mol. The van der Waals surface area contributed by atoms with Gasteiger partial charge in [0.15, 0.2) is 0 Å². The molecule has 1 aliphatic heterocycles. The molecule has 11 nitrogen and oxygen atoms in total. The lowest BCUT2D eigenvalue weighted by atomic mass is 10.2. The lowest BCUT2D eigenvalue weighted by molar-refractivity contribution is -0.0822. The summed E-state index contributed by atoms with van der Waals surface area (Å²) in [5.74, 6) is 0. The molecule has 11 heteroatoms. The van der Waals surface area contributed by atoms with Crippen molar-refractivity contribution in [3.05, 3.63) is 32.6 Å². The third-order valence-corrected chi connectivity index (χ3v) is 4.03. The van der Waals surface area contributed by atoms with Crippen molar-refractivity contribution in [3.8, 4) is 0 Å². The topological polar surface area (TPSA) is 135 Å². The number of H-pyrrole nitrogens is 1. The van der Waals surface area contributed by atoms with Gasteiger partial charge in [0.2, 0.25) is 0 Å². The van der Waals surface area contributed by atoms with E-state index in [1.807, 2.05) is 0 Å². The Morgan fingerprint density at radius 3 is 2.26 bits per heavy atom. The summed E-state index contributed by atoms with van der Waals surface area (Å²) in [5.41, 5.74) is -2.40. The SMILES string of the molecule is Cc1cn(C2C[C@H](OC(=O)OC(C)(C)C)C(COC(=O)OC(C)(C)C)O2)c(=O)[nH]c1=O. The number of nitrogens with zero attached hydrogens (tertiary/aromatic N) is 1. The van der Waals surface area contributed by atoms with Crippen LogP contribution in [0.15, 0.2) is 15.8 Å². The van der Waals surface area contributed by atoms with Crippen LogP contribution in [0, 0.1) is 6.92 Å². The lowest BCUT2D eigenvalue weighted by Crippen LogP contribution is -2.35. The molecule has 1 aliphatic rings. The smallest absolute Gasteiger partial charge is 0.431 e. The first kappa shape index (κ1) is 24.4. The van der Waals surface area contributed by atoms with Gasteiger partial charge >= 0.3 is 18.0 Å². The van der Waals surface area contributed by atoms with E-state index >= 15 is 0 Å². The van der Waals surface area contributed by atoms with Gasteiger partial charge in [0.05, 0.1) is 0 Å². The van der Waals surface area contributed by atoms with Gasteiger partial charge in [-0.15, -0.1) is 0 Å². The molecule has 0 bridgehead atoms. The second kappa shape index (κ2) is 9.13. The van der Waals surface area contributed by atoms with E-state index in [1.165, 1.54) is 10.8 Å². The van der Waals surface area contributed by atoms with Crippen molar-refractivity contribution in [2.75, 3.05) is 6.61 Å². The highest BCUT2D eigenvalue weighted by molar-refractivity contribution is 5.61. The zero-order valence-corrected chi connectivity index (χ0v) is 18.8. The fourth-order valence-electron chi connectivity index (χ4n) is 2.77. The number of rotatable bonds is 4. The maximum Gasteiger partial charge on any atom is 0.509 e. The van der Waals surface area contributed by atoms with Crippen LogP contribution in [-0.4, -0.2) is 51.9 Å². The Bertz CT molecular complexity index is 920. The number of aromatic amines is 1. The molecule has 2 heterocycles. The summed E-state index contributed by atoms with van der Waals surface area (Å²) < 4.78 is 27.8. The van der Waals surface area contributed by atoms with Gasteiger partial charge < -0.3 is 23.7 Å². The van der Waals surface area contributed by atoms with Crippen molar-refractivity contribution < 1.29 is 33.3 Å². The molecule has 174 valence electrons. The normalized spacial score (nSPS) is 21.5. The van der Waals surface area contributed by atoms with Crippen molar-refractivity contribution >= 4 is 12.3 Å². The maximum absolute atomic E-state index is 12.2. The molecular formula is C20H30N2O9. The van der Waals surface area contributed by atoms with Crippen LogP contribution in [0.3, 0.4) is 0 Å². The molecule has 1 aromatic rings. The molecule has 0 aliphatic carbocycles. The predicted molar refractivity (Wildman–Crippen MR) is 108 cm³/mol. The lowest BCUT2D eigenvalue weighted by Gasteiger charge is -2.23. The van der Waals surface area contributed by atoms with Gasteiger partial charge in [-0.05, 0) is 48.5 Å². The number of hydrogen-bond acceptors (Lipinski definition) is 9. The number of aromatic nitrogens is 2. The van der Waals surface area contributed by atoms with E-state index in [2.05, 4.69) is 4.98 Å². The molecule has 1 fully saturated rings. The number of carbonyl (C=O) groups is 2. The van der Waals surface area contributed by atoms with Gasteiger partial charge in [-0.1, -0.05) is 0 Å². The van der Waals surface area contributed by atoms with Gasteiger partial charge in [-0.3, -0.25) is 14.3 Å². The molecule has 1 aromatic heterocycles. The molecule has 1 N–H and O–H groups in total. The van der Waals surface area contributed by atoms with E-state index in [4.69, 9.17) is 23.7 Å². The van der Waals surface area contributed by atoms with Crippen LogP contribution in [0.5, 0.6) is 0 Å². The molecule has 2 rings (SSSR count). The van der Waals surface area contributed by atoms with Gasteiger partial charge in [-0.25, -0.2) is 14.4 Å². The minimum Gasteiger partial charge on any atom is -0.431 e. The van der Waals surface area contributed by atoms with Gasteiger partial charge in [0, 0.05) is 18.2 Å². The number of nitrogens with one attached hydrogen (secondary N) is 1. The molecule has 31 heavy (non-hydrogen) atoms. The summed E-state index contributed by atoms with van der Waals surface area (Å²) in [5, 5.41) is 0. The fourth-order valence-corrected chi connectivity index (χ4v) is 2.77. The first-order chi connectivity index (χ1) is 14.1. The van der Waals surface area contributed by atoms with Crippen molar-refractivity contribution in [2.45, 2.75) is 84.5 Å². The molecule has 2 unspecified atom stereocenters. The fraction of sp³-hybridized carbons (Fsp3) is 0.700. The van der Waals surface area contributed by atoms with E-state index in [0.717, 1.165) is 0 Å². The predicted octanol–water partition coefficient (Wildman–Crippen LogP) is 2.40. The van der Waals surface area contributed by atoms with Crippen molar-refractivity contribution in [1.82, 2.24) is 9.55 Å². The Labute approximate surface area is 179 Å². The minimum atomic E-state index is -0.922. The summed E-state index contributed by atoms with van der Waals surface area (Å²) in [6, 6.07) is 0. The summed E-state index contributed by atoms with van der Waals surface area (Å²) >= 11 is 0. The van der Waals surface area contributed by atoms with Crippen molar-refractivity contribution in [1.29, 1.82) is 0 Å². The highest BCUT2D eigenvalue weighted by Crippen LogP contribution is 2.31. The van der Waals surface area contributed by atoms with E-state index in [-0.39, 0.29) is 13.0 Å². The monoisotopic (exact) mass is 442 g/mol. The molecule has 0 radical (unpaired) electrons. The van der Waals surface area contributed by atoms with Crippen LogP contribution in [0.1, 0.15) is 59.8 Å². The van der Waals surface area contributed by atoms with Gasteiger partial charge in [-0.2, -0.15) is 0 Å². The van der Waals surface area contributed by atoms with E-state index in [9.17, 15) is 19.2 Å². The van der Waals surface area contributed by atoms with Crippen LogP contribution in [0.25, 0.3) is 0 Å². The number of hydrogen-bond donors (Lipinski definition) is 1. The second-order valence-corrected chi connectivity index (χ2v) is 9.24. The Hall–Kier alpha value is -2.82. The second-order valence-electron chi connectivity index (χ2n) is 9.24. The van der Waals surface area contributed by atoms with E-state index in [0.29, 0.717) is 5.56 Å². The molecular weight excluding hydrogens is 412 g/mol. The standard InChI is InChI=1S/C20H30N2O9/c1-11-9-22(16(24)21-15(11)23)14-8-12(29-18(26)31-20(5,6)7)13(28-14)10-27-17(25)30-19(2,3)4/h9,12-14H,8,10H2,1-7H3,(H,21,23,24)/t12-,13?,14?/m0/s1. The number of ether oxygens (including phenoxy) is 5. The largest absolute Gasteiger partial charge is 0.509 e. The summed E-state index contributed by atoms with van der Waals surface area (Å²) in [4.78, 5) is 50.1. The highest BCUT2D eigenvalue weighted by atomic mass is 16.8. The van der Waals surface area contributed by atoms with E-state index in [1.54, 1.807) is 48.5 Å². The summed E-state index contributed by atoms with van der Waals surface area (Å²) in [7, 11) is 0.